The van der Waals surface area contributed by atoms with Gasteiger partial charge in [0.2, 0.25) is 0 Å². The van der Waals surface area contributed by atoms with Crippen LogP contribution in [0.1, 0.15) is 52.1 Å². The fourth-order valence-corrected chi connectivity index (χ4v) is 2.86. The monoisotopic (exact) mass is 296 g/mol. The van der Waals surface area contributed by atoms with E-state index < -0.39 is 0 Å². The van der Waals surface area contributed by atoms with Crippen molar-refractivity contribution in [2.45, 2.75) is 52.9 Å². The van der Waals surface area contributed by atoms with Crippen molar-refractivity contribution < 1.29 is 0 Å². The molecule has 2 aromatic rings. The summed E-state index contributed by atoms with van der Waals surface area (Å²) in [6.45, 7) is 7.01. The van der Waals surface area contributed by atoms with Gasteiger partial charge in [0.05, 0.1) is 0 Å². The second-order valence-electron chi connectivity index (χ2n) is 6.48. The molecule has 0 fully saturated rings. The van der Waals surface area contributed by atoms with Crippen LogP contribution in [0.3, 0.4) is 0 Å². The highest BCUT2D eigenvalue weighted by atomic mass is 14.9. The van der Waals surface area contributed by atoms with E-state index >= 15 is 0 Å². The van der Waals surface area contributed by atoms with E-state index in [0.717, 1.165) is 35.3 Å². The normalized spacial score (nSPS) is 13.8. The first-order chi connectivity index (χ1) is 10.7. The summed E-state index contributed by atoms with van der Waals surface area (Å²) in [5, 5.41) is 0. The minimum atomic E-state index is 0.811. The average Bonchev–Trinajstić information content (AvgIpc) is 2.56. The zero-order chi connectivity index (χ0) is 15.8. The van der Waals surface area contributed by atoms with Gasteiger partial charge in [0.15, 0.2) is 5.82 Å². The molecule has 0 N–H and O–H groups in total. The first-order valence-electron chi connectivity index (χ1n) is 8.56. The summed E-state index contributed by atoms with van der Waals surface area (Å²) in [5.41, 5.74) is 2.25. The van der Waals surface area contributed by atoms with Crippen LogP contribution in [0, 0.1) is 11.8 Å². The maximum atomic E-state index is 4.71. The maximum absolute atomic E-state index is 4.71. The van der Waals surface area contributed by atoms with Gasteiger partial charge in [0.25, 0.3) is 0 Å². The van der Waals surface area contributed by atoms with E-state index in [9.17, 15) is 0 Å². The van der Waals surface area contributed by atoms with Crippen LogP contribution in [0.2, 0.25) is 0 Å². The van der Waals surface area contributed by atoms with Crippen LogP contribution >= 0.6 is 0 Å². The molecule has 0 spiro atoms. The van der Waals surface area contributed by atoms with E-state index in [2.05, 4.69) is 37.9 Å². The smallest absolute Gasteiger partial charge is 0.159 e. The van der Waals surface area contributed by atoms with Gasteiger partial charge >= 0.3 is 0 Å². The van der Waals surface area contributed by atoms with Gasteiger partial charge in [0, 0.05) is 17.5 Å². The third kappa shape index (κ3) is 5.25. The number of aromatic nitrogens is 2. The number of rotatable bonds is 8. The largest absolute Gasteiger partial charge is 0.237 e. The van der Waals surface area contributed by atoms with Crippen LogP contribution < -0.4 is 0 Å². The number of nitrogens with zero attached hydrogens (tertiary/aromatic N) is 2. The van der Waals surface area contributed by atoms with Gasteiger partial charge in [-0.3, -0.25) is 0 Å². The zero-order valence-electron chi connectivity index (χ0n) is 14.1. The third-order valence-electron chi connectivity index (χ3n) is 4.38. The maximum Gasteiger partial charge on any atom is 0.159 e. The van der Waals surface area contributed by atoms with E-state index in [1.54, 1.807) is 0 Å². The molecule has 1 heterocycles. The summed E-state index contributed by atoms with van der Waals surface area (Å²) in [4.78, 5) is 9.10. The molecule has 0 saturated heterocycles. The quantitative estimate of drug-likeness (QED) is 0.639. The van der Waals surface area contributed by atoms with Gasteiger partial charge in [-0.1, -0.05) is 63.9 Å². The Morgan fingerprint density at radius 2 is 1.77 bits per heavy atom. The van der Waals surface area contributed by atoms with Crippen molar-refractivity contribution in [3.63, 3.8) is 0 Å². The molecule has 0 bridgehead atoms. The lowest BCUT2D eigenvalue weighted by atomic mass is 9.91. The third-order valence-corrected chi connectivity index (χ3v) is 4.38. The Labute approximate surface area is 135 Å². The Balaban J connectivity index is 1.86. The molecule has 0 aliphatic rings. The van der Waals surface area contributed by atoms with Crippen LogP contribution in [-0.4, -0.2) is 9.97 Å². The fourth-order valence-electron chi connectivity index (χ4n) is 2.86. The van der Waals surface area contributed by atoms with Gasteiger partial charge in [-0.2, -0.15) is 0 Å². The van der Waals surface area contributed by atoms with E-state index in [1.165, 1.54) is 25.7 Å². The molecule has 0 aliphatic carbocycles. The molecular formula is C20H28N2. The molecule has 2 heteroatoms. The second kappa shape index (κ2) is 8.67. The minimum absolute atomic E-state index is 0.811. The lowest BCUT2D eigenvalue weighted by molar-refractivity contribution is 0.379. The van der Waals surface area contributed by atoms with E-state index in [-0.39, 0.29) is 0 Å². The minimum Gasteiger partial charge on any atom is -0.237 e. The highest BCUT2D eigenvalue weighted by Gasteiger charge is 2.08. The van der Waals surface area contributed by atoms with E-state index in [4.69, 9.17) is 4.98 Å². The first kappa shape index (κ1) is 16.7. The molecule has 0 saturated carbocycles. The molecule has 2 unspecified atom stereocenters. The highest BCUT2D eigenvalue weighted by Crippen LogP contribution is 2.20. The molecule has 2 rings (SSSR count). The van der Waals surface area contributed by atoms with E-state index in [1.807, 2.05) is 30.5 Å². The van der Waals surface area contributed by atoms with Gasteiger partial charge in [-0.25, -0.2) is 9.97 Å². The predicted octanol–water partition coefficient (Wildman–Crippen LogP) is 5.54. The Morgan fingerprint density at radius 1 is 1.00 bits per heavy atom. The molecule has 0 amide bonds. The molecule has 0 aliphatic heterocycles. The van der Waals surface area contributed by atoms with Crippen molar-refractivity contribution in [3.8, 4) is 11.4 Å². The number of benzene rings is 1. The van der Waals surface area contributed by atoms with Crippen LogP contribution in [0.15, 0.2) is 42.6 Å². The number of hydrogen-bond acceptors (Lipinski definition) is 2. The van der Waals surface area contributed by atoms with E-state index in [0.29, 0.717) is 0 Å². The van der Waals surface area contributed by atoms with Gasteiger partial charge < -0.3 is 0 Å². The SMILES string of the molecule is CCC(C)CC(C)CCCc1ccnc(-c2ccccc2)n1. The van der Waals surface area contributed by atoms with Crippen molar-refractivity contribution in [2.75, 3.05) is 0 Å². The van der Waals surface area contributed by atoms with Crippen molar-refractivity contribution >= 4 is 0 Å². The molecule has 2 atom stereocenters. The standard InChI is InChI=1S/C20H28N2/c1-4-16(2)15-17(3)9-8-12-19-13-14-21-20(22-19)18-10-6-5-7-11-18/h5-7,10-11,13-14,16-17H,4,8-9,12,15H2,1-3H3. The van der Waals surface area contributed by atoms with Crippen molar-refractivity contribution in [1.29, 1.82) is 0 Å². The molecule has 1 aromatic heterocycles. The lowest BCUT2D eigenvalue weighted by Gasteiger charge is -2.15. The van der Waals surface area contributed by atoms with Crippen LogP contribution in [0.4, 0.5) is 0 Å². The Kier molecular flexibility index (Phi) is 6.57. The first-order valence-corrected chi connectivity index (χ1v) is 8.56. The van der Waals surface area contributed by atoms with Crippen molar-refractivity contribution in [3.05, 3.63) is 48.3 Å². The summed E-state index contributed by atoms with van der Waals surface area (Å²) in [7, 11) is 0. The Bertz CT molecular complexity index is 551. The lowest BCUT2D eigenvalue weighted by Crippen LogP contribution is -2.03. The second-order valence-corrected chi connectivity index (χ2v) is 6.48. The molecular weight excluding hydrogens is 268 g/mol. The highest BCUT2D eigenvalue weighted by molar-refractivity contribution is 5.54. The Morgan fingerprint density at radius 3 is 2.50 bits per heavy atom. The van der Waals surface area contributed by atoms with Crippen molar-refractivity contribution in [1.82, 2.24) is 9.97 Å². The number of aryl methyl sites for hydroxylation is 1. The molecule has 1 aromatic carbocycles. The molecule has 118 valence electrons. The van der Waals surface area contributed by atoms with Gasteiger partial charge in [0.1, 0.15) is 0 Å². The number of hydrogen-bond donors (Lipinski definition) is 0. The predicted molar refractivity (Wildman–Crippen MR) is 93.6 cm³/mol. The van der Waals surface area contributed by atoms with Crippen molar-refractivity contribution in [2.24, 2.45) is 11.8 Å². The summed E-state index contributed by atoms with van der Waals surface area (Å²) >= 11 is 0. The van der Waals surface area contributed by atoms with Crippen LogP contribution in [-0.2, 0) is 6.42 Å². The summed E-state index contributed by atoms with van der Waals surface area (Å²) in [6.07, 6.45) is 8.06. The van der Waals surface area contributed by atoms with Crippen LogP contribution in [0.25, 0.3) is 11.4 Å². The van der Waals surface area contributed by atoms with Crippen LogP contribution in [0.5, 0.6) is 0 Å². The molecule has 22 heavy (non-hydrogen) atoms. The summed E-state index contributed by atoms with van der Waals surface area (Å²) in [5.74, 6) is 2.50. The van der Waals surface area contributed by atoms with Gasteiger partial charge in [-0.15, -0.1) is 0 Å². The molecule has 0 radical (unpaired) electrons. The molecule has 2 nitrogen and oxygen atoms in total. The topological polar surface area (TPSA) is 25.8 Å². The zero-order valence-corrected chi connectivity index (χ0v) is 14.1. The van der Waals surface area contributed by atoms with Gasteiger partial charge in [-0.05, 0) is 37.2 Å². The summed E-state index contributed by atoms with van der Waals surface area (Å²) < 4.78 is 0. The summed E-state index contributed by atoms with van der Waals surface area (Å²) in [6, 6.07) is 12.3. The average molecular weight is 296 g/mol. The Hall–Kier alpha value is -1.70. The fraction of sp³-hybridized carbons (Fsp3) is 0.500.